The maximum atomic E-state index is 13.3. The van der Waals surface area contributed by atoms with Crippen molar-refractivity contribution >= 4 is 21.4 Å². The number of carbonyl (C=O) groups is 2. The summed E-state index contributed by atoms with van der Waals surface area (Å²) < 4.78 is 37.2. The molecule has 0 aliphatic heterocycles. The topological polar surface area (TPSA) is 68.3 Å². The lowest BCUT2D eigenvalue weighted by atomic mass is 10.2. The largest absolute Gasteiger partial charge is 0.294 e. The van der Waals surface area contributed by atoms with Gasteiger partial charge in [-0.1, -0.05) is 18.2 Å². The van der Waals surface area contributed by atoms with Crippen molar-refractivity contribution in [1.29, 1.82) is 0 Å². The summed E-state index contributed by atoms with van der Waals surface area (Å²) in [6, 6.07) is 7.41. The Morgan fingerprint density at radius 2 is 1.67 bits per heavy atom. The van der Waals surface area contributed by atoms with Crippen molar-refractivity contribution in [3.63, 3.8) is 0 Å². The summed E-state index contributed by atoms with van der Waals surface area (Å²) >= 11 is 0. The van der Waals surface area contributed by atoms with E-state index in [-0.39, 0.29) is 4.90 Å². The van der Waals surface area contributed by atoms with Gasteiger partial charge >= 0.3 is 0 Å². The molecule has 0 amide bonds. The van der Waals surface area contributed by atoms with E-state index in [1.165, 1.54) is 24.3 Å². The van der Waals surface area contributed by atoms with Gasteiger partial charge in [0.2, 0.25) is 0 Å². The van der Waals surface area contributed by atoms with Crippen LogP contribution in [-0.2, 0) is 19.4 Å². The summed E-state index contributed by atoms with van der Waals surface area (Å²) in [5.41, 5.74) is -0.538. The van der Waals surface area contributed by atoms with E-state index >= 15 is 0 Å². The van der Waals surface area contributed by atoms with Gasteiger partial charge < -0.3 is 0 Å². The number of hydrogen-bond donors (Lipinski definition) is 0. The van der Waals surface area contributed by atoms with Crippen LogP contribution in [-0.4, -0.2) is 25.7 Å². The zero-order chi connectivity index (χ0) is 13.3. The Kier molecular flexibility index (Phi) is 3.13. The molecule has 0 N–H and O–H groups in total. The number of benzene rings is 1. The summed E-state index contributed by atoms with van der Waals surface area (Å²) in [6.07, 6.45) is -0.578. The number of sulfone groups is 1. The van der Waals surface area contributed by atoms with E-state index in [9.17, 15) is 22.4 Å². The molecular weight excluding hydrogens is 259 g/mol. The molecule has 0 atom stereocenters. The second-order valence-corrected chi connectivity index (χ2v) is 5.88. The summed E-state index contributed by atoms with van der Waals surface area (Å²) in [7, 11) is -3.80. The second kappa shape index (κ2) is 4.45. The van der Waals surface area contributed by atoms with Crippen molar-refractivity contribution in [2.45, 2.75) is 11.3 Å². The number of Topliss-reactive ketones (excluding diaryl/α,β-unsaturated/α-hetero) is 2. The van der Waals surface area contributed by atoms with E-state index in [0.29, 0.717) is 0 Å². The standard InChI is InChI=1S/C12H9FO4S/c13-12-9(10(14)6-11(12)15)7-18(16,17)8-4-2-1-3-5-8/h1-5H,6-7H2. The average molecular weight is 268 g/mol. The summed E-state index contributed by atoms with van der Waals surface area (Å²) in [5, 5.41) is 0. The Balaban J connectivity index is 2.36. The number of carbonyl (C=O) groups excluding carboxylic acids is 2. The predicted molar refractivity (Wildman–Crippen MR) is 61.3 cm³/mol. The number of ketones is 2. The normalized spacial score (nSPS) is 16.5. The highest BCUT2D eigenvalue weighted by Crippen LogP contribution is 2.24. The van der Waals surface area contributed by atoms with Crippen LogP contribution in [0.25, 0.3) is 0 Å². The molecule has 0 unspecified atom stereocenters. The Hall–Kier alpha value is -1.82. The molecule has 0 fully saturated rings. The van der Waals surface area contributed by atoms with Gasteiger partial charge in [-0.2, -0.15) is 0 Å². The molecule has 2 rings (SSSR count). The third-order valence-corrected chi connectivity index (χ3v) is 4.26. The quantitative estimate of drug-likeness (QED) is 0.773. The molecule has 0 saturated heterocycles. The van der Waals surface area contributed by atoms with Gasteiger partial charge in [-0.25, -0.2) is 12.8 Å². The molecule has 4 nitrogen and oxygen atoms in total. The molecule has 6 heteroatoms. The van der Waals surface area contributed by atoms with Crippen molar-refractivity contribution in [2.75, 3.05) is 5.75 Å². The van der Waals surface area contributed by atoms with Crippen LogP contribution in [0.2, 0.25) is 0 Å². The Bertz CT molecular complexity index is 644. The van der Waals surface area contributed by atoms with Crippen molar-refractivity contribution in [2.24, 2.45) is 0 Å². The molecule has 0 heterocycles. The van der Waals surface area contributed by atoms with Crippen LogP contribution in [0.4, 0.5) is 4.39 Å². The highest BCUT2D eigenvalue weighted by molar-refractivity contribution is 7.91. The first-order valence-corrected chi connectivity index (χ1v) is 6.80. The molecule has 1 aromatic rings. The molecule has 0 spiro atoms. The van der Waals surface area contributed by atoms with Gasteiger partial charge in [0.25, 0.3) is 0 Å². The molecule has 0 aromatic heterocycles. The first-order chi connectivity index (χ1) is 8.42. The van der Waals surface area contributed by atoms with Gasteiger partial charge in [0.15, 0.2) is 27.2 Å². The van der Waals surface area contributed by atoms with Crippen LogP contribution in [0.3, 0.4) is 0 Å². The monoisotopic (exact) mass is 268 g/mol. The van der Waals surface area contributed by atoms with Crippen LogP contribution in [0.15, 0.2) is 46.6 Å². The van der Waals surface area contributed by atoms with Crippen LogP contribution in [0.1, 0.15) is 6.42 Å². The van der Waals surface area contributed by atoms with Gasteiger partial charge in [0, 0.05) is 0 Å². The third-order valence-electron chi connectivity index (χ3n) is 2.60. The fraction of sp³-hybridized carbons (Fsp3) is 0.167. The number of rotatable bonds is 3. The van der Waals surface area contributed by atoms with E-state index in [0.717, 1.165) is 0 Å². The molecule has 1 aliphatic rings. The lowest BCUT2D eigenvalue weighted by molar-refractivity contribution is -0.121. The van der Waals surface area contributed by atoms with Gasteiger partial charge in [-0.3, -0.25) is 9.59 Å². The van der Waals surface area contributed by atoms with Gasteiger partial charge in [-0.15, -0.1) is 0 Å². The van der Waals surface area contributed by atoms with Crippen molar-refractivity contribution in [1.82, 2.24) is 0 Å². The van der Waals surface area contributed by atoms with Gasteiger partial charge in [0.05, 0.1) is 22.6 Å². The van der Waals surface area contributed by atoms with E-state index in [4.69, 9.17) is 0 Å². The fourth-order valence-electron chi connectivity index (χ4n) is 1.67. The van der Waals surface area contributed by atoms with Crippen LogP contribution >= 0.6 is 0 Å². The molecule has 0 bridgehead atoms. The zero-order valence-electron chi connectivity index (χ0n) is 9.22. The van der Waals surface area contributed by atoms with E-state index in [1.54, 1.807) is 6.07 Å². The maximum Gasteiger partial charge on any atom is 0.199 e. The highest BCUT2D eigenvalue weighted by Gasteiger charge is 2.34. The molecule has 94 valence electrons. The lowest BCUT2D eigenvalue weighted by Gasteiger charge is -2.03. The average Bonchev–Trinajstić information content (AvgIpc) is 2.57. The van der Waals surface area contributed by atoms with Gasteiger partial charge in [-0.05, 0) is 12.1 Å². The maximum absolute atomic E-state index is 13.3. The number of allylic oxidation sites excluding steroid dienone is 1. The first kappa shape index (κ1) is 12.6. The smallest absolute Gasteiger partial charge is 0.199 e. The first-order valence-electron chi connectivity index (χ1n) is 5.14. The van der Waals surface area contributed by atoms with E-state index in [1.807, 2.05) is 0 Å². The molecule has 1 aliphatic carbocycles. The minimum absolute atomic E-state index is 0.00236. The highest BCUT2D eigenvalue weighted by atomic mass is 32.2. The number of hydrogen-bond acceptors (Lipinski definition) is 4. The number of halogens is 1. The molecule has 0 saturated carbocycles. The third kappa shape index (κ3) is 2.24. The summed E-state index contributed by atoms with van der Waals surface area (Å²) in [4.78, 5) is 22.3. The van der Waals surface area contributed by atoms with Crippen LogP contribution < -0.4 is 0 Å². The van der Waals surface area contributed by atoms with E-state index < -0.39 is 45.0 Å². The molecular formula is C12H9FO4S. The Morgan fingerprint density at radius 1 is 1.06 bits per heavy atom. The van der Waals surface area contributed by atoms with Gasteiger partial charge in [0.1, 0.15) is 0 Å². The molecule has 1 aromatic carbocycles. The van der Waals surface area contributed by atoms with Crippen molar-refractivity contribution in [3.05, 3.63) is 41.7 Å². The molecule has 18 heavy (non-hydrogen) atoms. The minimum atomic E-state index is -3.80. The molecule has 0 radical (unpaired) electrons. The van der Waals surface area contributed by atoms with Crippen molar-refractivity contribution < 1.29 is 22.4 Å². The predicted octanol–water partition coefficient (Wildman–Crippen LogP) is 1.23. The Morgan fingerprint density at radius 3 is 2.17 bits per heavy atom. The second-order valence-electron chi connectivity index (χ2n) is 3.89. The summed E-state index contributed by atoms with van der Waals surface area (Å²) in [6.45, 7) is 0. The zero-order valence-corrected chi connectivity index (χ0v) is 10.0. The van der Waals surface area contributed by atoms with Crippen molar-refractivity contribution in [3.8, 4) is 0 Å². The summed E-state index contributed by atoms with van der Waals surface area (Å²) in [5.74, 6) is -3.69. The fourth-order valence-corrected chi connectivity index (χ4v) is 3.07. The van der Waals surface area contributed by atoms with Crippen LogP contribution in [0, 0.1) is 0 Å². The van der Waals surface area contributed by atoms with E-state index in [2.05, 4.69) is 0 Å². The SMILES string of the molecule is O=C1CC(=O)C(CS(=O)(=O)c2ccccc2)=C1F. The Labute approximate surface area is 103 Å². The lowest BCUT2D eigenvalue weighted by Crippen LogP contribution is -2.13. The minimum Gasteiger partial charge on any atom is -0.294 e. The van der Waals surface area contributed by atoms with Crippen LogP contribution in [0.5, 0.6) is 0 Å².